The molecule has 30 heavy (non-hydrogen) atoms. The van der Waals surface area contributed by atoms with Gasteiger partial charge < -0.3 is 14.7 Å². The lowest BCUT2D eigenvalue weighted by Gasteiger charge is -2.35. The molecule has 1 aromatic carbocycles. The minimum Gasteiger partial charge on any atom is -0.356 e. The number of aromatic nitrogens is 2. The Kier molecular flexibility index (Phi) is 6.97. The average molecular weight is 424 g/mol. The Morgan fingerprint density at radius 2 is 1.80 bits per heavy atom. The zero-order valence-corrected chi connectivity index (χ0v) is 19.2. The fourth-order valence-electron chi connectivity index (χ4n) is 4.45. The Morgan fingerprint density at radius 1 is 1.03 bits per heavy atom. The number of anilines is 1. The highest BCUT2D eigenvalue weighted by Gasteiger charge is 2.24. The third-order valence-electron chi connectivity index (χ3n) is 6.06. The maximum atomic E-state index is 4.74. The minimum atomic E-state index is 0.777. The van der Waals surface area contributed by atoms with E-state index in [4.69, 9.17) is 4.98 Å². The van der Waals surface area contributed by atoms with E-state index in [1.165, 1.54) is 48.9 Å². The SMILES string of the molecule is CN(C)CCCN(C)CC1CCN(c2ncnc3scc(-c4ccccc4)c23)CC1. The first-order chi connectivity index (χ1) is 14.6. The lowest BCUT2D eigenvalue weighted by Crippen LogP contribution is -2.38. The number of fused-ring (bicyclic) bond motifs is 1. The monoisotopic (exact) mass is 423 g/mol. The number of nitrogens with zero attached hydrogens (tertiary/aromatic N) is 5. The Balaban J connectivity index is 1.42. The summed E-state index contributed by atoms with van der Waals surface area (Å²) in [6.45, 7) is 5.70. The third-order valence-corrected chi connectivity index (χ3v) is 6.95. The Morgan fingerprint density at radius 3 is 2.53 bits per heavy atom. The first kappa shape index (κ1) is 21.2. The lowest BCUT2D eigenvalue weighted by atomic mass is 9.95. The number of benzene rings is 1. The van der Waals surface area contributed by atoms with Crippen molar-refractivity contribution in [2.75, 3.05) is 58.8 Å². The second-order valence-corrected chi connectivity index (χ2v) is 9.60. The first-order valence-electron chi connectivity index (χ1n) is 11.0. The molecular formula is C24H33N5S. The van der Waals surface area contributed by atoms with Gasteiger partial charge in [-0.05, 0) is 65.0 Å². The molecule has 4 rings (SSSR count). The quantitative estimate of drug-likeness (QED) is 0.535. The van der Waals surface area contributed by atoms with E-state index in [-0.39, 0.29) is 0 Å². The van der Waals surface area contributed by atoms with Gasteiger partial charge in [0.25, 0.3) is 0 Å². The van der Waals surface area contributed by atoms with Crippen LogP contribution < -0.4 is 4.90 Å². The molecule has 0 amide bonds. The molecule has 0 atom stereocenters. The van der Waals surface area contributed by atoms with E-state index in [0.717, 1.165) is 36.2 Å². The van der Waals surface area contributed by atoms with Crippen molar-refractivity contribution in [2.24, 2.45) is 5.92 Å². The molecule has 0 radical (unpaired) electrons. The molecule has 3 heterocycles. The largest absolute Gasteiger partial charge is 0.356 e. The number of hydrogen-bond donors (Lipinski definition) is 0. The van der Waals surface area contributed by atoms with Crippen LogP contribution in [0.2, 0.25) is 0 Å². The maximum Gasteiger partial charge on any atom is 0.141 e. The van der Waals surface area contributed by atoms with E-state index in [1.54, 1.807) is 17.7 Å². The van der Waals surface area contributed by atoms with E-state index >= 15 is 0 Å². The number of hydrogen-bond acceptors (Lipinski definition) is 6. The zero-order valence-electron chi connectivity index (χ0n) is 18.4. The van der Waals surface area contributed by atoms with Crippen LogP contribution in [0.4, 0.5) is 5.82 Å². The van der Waals surface area contributed by atoms with Crippen LogP contribution in [0.5, 0.6) is 0 Å². The van der Waals surface area contributed by atoms with Crippen molar-refractivity contribution in [3.63, 3.8) is 0 Å². The van der Waals surface area contributed by atoms with E-state index in [9.17, 15) is 0 Å². The average Bonchev–Trinajstić information content (AvgIpc) is 3.19. The van der Waals surface area contributed by atoms with Crippen molar-refractivity contribution in [2.45, 2.75) is 19.3 Å². The molecule has 6 heteroatoms. The molecule has 1 saturated heterocycles. The predicted molar refractivity (Wildman–Crippen MR) is 128 cm³/mol. The van der Waals surface area contributed by atoms with Gasteiger partial charge in [-0.25, -0.2) is 9.97 Å². The number of thiophene rings is 1. The Hall–Kier alpha value is -2.02. The minimum absolute atomic E-state index is 0.777. The van der Waals surface area contributed by atoms with Gasteiger partial charge in [0.1, 0.15) is 17.0 Å². The van der Waals surface area contributed by atoms with Crippen LogP contribution in [-0.2, 0) is 0 Å². The van der Waals surface area contributed by atoms with Crippen molar-refractivity contribution < 1.29 is 0 Å². The van der Waals surface area contributed by atoms with Crippen molar-refractivity contribution in [3.8, 4) is 11.1 Å². The molecule has 0 N–H and O–H groups in total. The van der Waals surface area contributed by atoms with Crippen molar-refractivity contribution in [3.05, 3.63) is 42.0 Å². The van der Waals surface area contributed by atoms with Crippen molar-refractivity contribution in [1.82, 2.24) is 19.8 Å². The van der Waals surface area contributed by atoms with Crippen LogP contribution in [0.25, 0.3) is 21.3 Å². The van der Waals surface area contributed by atoms with Gasteiger partial charge in [-0.3, -0.25) is 0 Å². The van der Waals surface area contributed by atoms with E-state index in [1.807, 2.05) is 0 Å². The van der Waals surface area contributed by atoms with Crippen LogP contribution in [0.3, 0.4) is 0 Å². The molecular weight excluding hydrogens is 390 g/mol. The van der Waals surface area contributed by atoms with Crippen LogP contribution in [0.15, 0.2) is 42.0 Å². The predicted octanol–water partition coefficient (Wildman–Crippen LogP) is 4.46. The molecule has 2 aromatic heterocycles. The molecule has 0 aliphatic carbocycles. The van der Waals surface area contributed by atoms with Gasteiger partial charge in [-0.2, -0.15) is 0 Å². The van der Waals surface area contributed by atoms with Gasteiger partial charge in [0, 0.05) is 30.6 Å². The van der Waals surface area contributed by atoms with Gasteiger partial charge in [-0.1, -0.05) is 30.3 Å². The Labute approximate surface area is 184 Å². The van der Waals surface area contributed by atoms with Crippen LogP contribution in [0, 0.1) is 5.92 Å². The molecule has 160 valence electrons. The summed E-state index contributed by atoms with van der Waals surface area (Å²) in [5.41, 5.74) is 2.50. The molecule has 0 bridgehead atoms. The highest BCUT2D eigenvalue weighted by atomic mass is 32.1. The van der Waals surface area contributed by atoms with E-state index in [0.29, 0.717) is 0 Å². The second-order valence-electron chi connectivity index (χ2n) is 8.74. The standard InChI is InChI=1S/C24H33N5S/c1-27(2)12-7-13-28(3)16-19-10-14-29(15-11-19)23-22-21(20-8-5-4-6-9-20)17-30-24(22)26-18-25-23/h4-6,8-9,17-19H,7,10-16H2,1-3H3. The summed E-state index contributed by atoms with van der Waals surface area (Å²) in [5, 5.41) is 3.45. The van der Waals surface area contributed by atoms with Crippen LogP contribution in [-0.4, -0.2) is 73.6 Å². The molecule has 5 nitrogen and oxygen atoms in total. The highest BCUT2D eigenvalue weighted by Crippen LogP contribution is 2.38. The fraction of sp³-hybridized carbons (Fsp3) is 0.500. The van der Waals surface area contributed by atoms with E-state index in [2.05, 4.69) is 76.5 Å². The highest BCUT2D eigenvalue weighted by molar-refractivity contribution is 7.17. The van der Waals surface area contributed by atoms with Crippen LogP contribution >= 0.6 is 11.3 Å². The van der Waals surface area contributed by atoms with Gasteiger partial charge in [0.05, 0.1) is 5.39 Å². The summed E-state index contributed by atoms with van der Waals surface area (Å²) < 4.78 is 0. The fourth-order valence-corrected chi connectivity index (χ4v) is 5.36. The lowest BCUT2D eigenvalue weighted by molar-refractivity contribution is 0.237. The third kappa shape index (κ3) is 4.99. The molecule has 0 unspecified atom stereocenters. The summed E-state index contributed by atoms with van der Waals surface area (Å²) in [4.78, 5) is 17.6. The number of rotatable bonds is 8. The second kappa shape index (κ2) is 9.86. The molecule has 1 fully saturated rings. The summed E-state index contributed by atoms with van der Waals surface area (Å²) in [6.07, 6.45) is 5.43. The maximum absolute atomic E-state index is 4.74. The first-order valence-corrected chi connectivity index (χ1v) is 11.9. The van der Waals surface area contributed by atoms with E-state index < -0.39 is 0 Å². The zero-order chi connectivity index (χ0) is 20.9. The van der Waals surface area contributed by atoms with Gasteiger partial charge in [-0.15, -0.1) is 11.3 Å². The number of piperidine rings is 1. The van der Waals surface area contributed by atoms with Crippen LogP contribution in [0.1, 0.15) is 19.3 Å². The summed E-state index contributed by atoms with van der Waals surface area (Å²) in [7, 11) is 6.57. The summed E-state index contributed by atoms with van der Waals surface area (Å²) in [5.74, 6) is 1.89. The molecule has 0 spiro atoms. The summed E-state index contributed by atoms with van der Waals surface area (Å²) in [6, 6.07) is 10.6. The molecule has 1 aliphatic heterocycles. The normalized spacial score (nSPS) is 15.6. The van der Waals surface area contributed by atoms with Crippen molar-refractivity contribution >= 4 is 27.4 Å². The smallest absolute Gasteiger partial charge is 0.141 e. The van der Waals surface area contributed by atoms with Gasteiger partial charge in [0.2, 0.25) is 0 Å². The molecule has 0 saturated carbocycles. The van der Waals surface area contributed by atoms with Crippen molar-refractivity contribution in [1.29, 1.82) is 0 Å². The van der Waals surface area contributed by atoms with Gasteiger partial charge >= 0.3 is 0 Å². The molecule has 3 aromatic rings. The topological polar surface area (TPSA) is 35.5 Å². The summed E-state index contributed by atoms with van der Waals surface area (Å²) >= 11 is 1.72. The van der Waals surface area contributed by atoms with Gasteiger partial charge in [0.15, 0.2) is 0 Å². The Bertz CT molecular complexity index is 931. The molecule has 1 aliphatic rings.